The summed E-state index contributed by atoms with van der Waals surface area (Å²) < 4.78 is 22.1. The Bertz CT molecular complexity index is 722. The zero-order valence-electron chi connectivity index (χ0n) is 14.8. The summed E-state index contributed by atoms with van der Waals surface area (Å²) in [6.07, 6.45) is 1.11. The van der Waals surface area contributed by atoms with E-state index in [9.17, 15) is 0 Å². The van der Waals surface area contributed by atoms with E-state index in [2.05, 4.69) is 17.4 Å². The monoisotopic (exact) mass is 377 g/mol. The molecule has 5 nitrogen and oxygen atoms in total. The molecule has 2 atom stereocenters. The quantitative estimate of drug-likeness (QED) is 0.862. The van der Waals surface area contributed by atoms with E-state index in [4.69, 9.17) is 18.9 Å². The van der Waals surface area contributed by atoms with Crippen molar-refractivity contribution < 1.29 is 18.9 Å². The van der Waals surface area contributed by atoms with E-state index in [1.54, 1.807) is 7.11 Å². The van der Waals surface area contributed by atoms with Gasteiger partial charge in [0.1, 0.15) is 11.5 Å². The number of nitrogens with one attached hydrogen (secondary N) is 1. The standard InChI is InChI=1S/C20H23NO4.ClH/c1-22-16-4-2-14(3-5-16)18-8-9-21-11-15(18)12-23-17-6-7-19-20(10-17)25-13-24-19;/h2-7,10,15,18,21H,8-9,11-13H2,1H3;1H/t15-,18-;/m0./s1. The fraction of sp³-hybridized carbons (Fsp3) is 0.400. The average Bonchev–Trinajstić information content (AvgIpc) is 3.14. The molecule has 0 aliphatic carbocycles. The molecule has 6 heteroatoms. The third kappa shape index (κ3) is 4.00. The highest BCUT2D eigenvalue weighted by atomic mass is 35.5. The van der Waals surface area contributed by atoms with Crippen molar-refractivity contribution in [3.8, 4) is 23.0 Å². The maximum atomic E-state index is 6.07. The van der Waals surface area contributed by atoms with Gasteiger partial charge >= 0.3 is 0 Å². The number of piperidine rings is 1. The Morgan fingerprint density at radius 1 is 1.04 bits per heavy atom. The van der Waals surface area contributed by atoms with Crippen LogP contribution in [-0.2, 0) is 0 Å². The minimum atomic E-state index is 0. The first-order valence-corrected chi connectivity index (χ1v) is 8.70. The number of benzene rings is 2. The Morgan fingerprint density at radius 2 is 1.81 bits per heavy atom. The number of hydrogen-bond donors (Lipinski definition) is 1. The Hall–Kier alpha value is -2.11. The maximum Gasteiger partial charge on any atom is 0.231 e. The van der Waals surface area contributed by atoms with Crippen LogP contribution in [-0.4, -0.2) is 33.6 Å². The summed E-state index contributed by atoms with van der Waals surface area (Å²) in [5.41, 5.74) is 1.35. The van der Waals surface area contributed by atoms with Gasteiger partial charge in [-0.2, -0.15) is 0 Å². The normalized spacial score (nSPS) is 21.0. The van der Waals surface area contributed by atoms with Gasteiger partial charge in [-0.05, 0) is 48.7 Å². The lowest BCUT2D eigenvalue weighted by molar-refractivity contribution is 0.173. The van der Waals surface area contributed by atoms with Crippen molar-refractivity contribution in [1.29, 1.82) is 0 Å². The van der Waals surface area contributed by atoms with Gasteiger partial charge in [-0.3, -0.25) is 0 Å². The van der Waals surface area contributed by atoms with Crippen molar-refractivity contribution in [3.05, 3.63) is 48.0 Å². The second-order valence-corrected chi connectivity index (χ2v) is 6.46. The number of methoxy groups -OCH3 is 1. The molecule has 0 unspecified atom stereocenters. The maximum absolute atomic E-state index is 6.07. The highest BCUT2D eigenvalue weighted by Gasteiger charge is 2.27. The molecule has 26 heavy (non-hydrogen) atoms. The first kappa shape index (κ1) is 18.7. The van der Waals surface area contributed by atoms with Crippen molar-refractivity contribution in [2.75, 3.05) is 33.6 Å². The second kappa shape index (κ2) is 8.52. The molecule has 140 valence electrons. The van der Waals surface area contributed by atoms with Gasteiger partial charge in [0.05, 0.1) is 13.7 Å². The number of ether oxygens (including phenoxy) is 4. The number of hydrogen-bond acceptors (Lipinski definition) is 5. The van der Waals surface area contributed by atoms with Gasteiger partial charge in [0, 0.05) is 18.5 Å². The van der Waals surface area contributed by atoms with Crippen LogP contribution in [0.1, 0.15) is 17.9 Å². The van der Waals surface area contributed by atoms with Crippen LogP contribution in [0.2, 0.25) is 0 Å². The summed E-state index contributed by atoms with van der Waals surface area (Å²) in [5.74, 6) is 4.16. The largest absolute Gasteiger partial charge is 0.497 e. The molecule has 0 bridgehead atoms. The zero-order chi connectivity index (χ0) is 17.1. The Morgan fingerprint density at radius 3 is 2.62 bits per heavy atom. The van der Waals surface area contributed by atoms with Crippen LogP contribution >= 0.6 is 12.4 Å². The molecular weight excluding hydrogens is 354 g/mol. The van der Waals surface area contributed by atoms with E-state index in [-0.39, 0.29) is 19.2 Å². The third-order valence-corrected chi connectivity index (χ3v) is 4.96. The Labute approximate surface area is 160 Å². The van der Waals surface area contributed by atoms with E-state index in [1.165, 1.54) is 5.56 Å². The van der Waals surface area contributed by atoms with Crippen LogP contribution < -0.4 is 24.3 Å². The molecule has 0 amide bonds. The Balaban J connectivity index is 0.00000196. The van der Waals surface area contributed by atoms with Crippen LogP contribution in [0.25, 0.3) is 0 Å². The third-order valence-electron chi connectivity index (χ3n) is 4.96. The van der Waals surface area contributed by atoms with Gasteiger partial charge in [0.25, 0.3) is 0 Å². The van der Waals surface area contributed by atoms with E-state index in [1.807, 2.05) is 30.3 Å². The molecule has 1 fully saturated rings. The summed E-state index contributed by atoms with van der Waals surface area (Å²) in [5, 5.41) is 3.49. The fourth-order valence-electron chi connectivity index (χ4n) is 3.56. The summed E-state index contributed by atoms with van der Waals surface area (Å²) in [6, 6.07) is 14.1. The summed E-state index contributed by atoms with van der Waals surface area (Å²) in [4.78, 5) is 0. The summed E-state index contributed by atoms with van der Waals surface area (Å²) in [6.45, 7) is 2.95. The van der Waals surface area contributed by atoms with Gasteiger partial charge < -0.3 is 24.3 Å². The molecular formula is C20H24ClNO4. The molecule has 2 aliphatic heterocycles. The van der Waals surface area contributed by atoms with Crippen molar-refractivity contribution in [2.24, 2.45) is 5.92 Å². The topological polar surface area (TPSA) is 49.0 Å². The van der Waals surface area contributed by atoms with E-state index in [0.29, 0.717) is 18.4 Å². The van der Waals surface area contributed by atoms with Gasteiger partial charge in [-0.15, -0.1) is 12.4 Å². The zero-order valence-corrected chi connectivity index (χ0v) is 15.6. The lowest BCUT2D eigenvalue weighted by Gasteiger charge is -2.32. The highest BCUT2D eigenvalue weighted by Crippen LogP contribution is 2.36. The van der Waals surface area contributed by atoms with Crippen molar-refractivity contribution >= 4 is 12.4 Å². The van der Waals surface area contributed by atoms with Crippen molar-refractivity contribution in [3.63, 3.8) is 0 Å². The minimum absolute atomic E-state index is 0. The predicted octanol–water partition coefficient (Wildman–Crippen LogP) is 3.62. The van der Waals surface area contributed by atoms with Gasteiger partial charge in [0.2, 0.25) is 6.79 Å². The highest BCUT2D eigenvalue weighted by molar-refractivity contribution is 5.85. The molecule has 2 aromatic carbocycles. The second-order valence-electron chi connectivity index (χ2n) is 6.46. The number of fused-ring (bicyclic) bond motifs is 1. The van der Waals surface area contributed by atoms with Gasteiger partial charge in [-0.1, -0.05) is 12.1 Å². The molecule has 0 aromatic heterocycles. The van der Waals surface area contributed by atoms with Crippen LogP contribution in [0.5, 0.6) is 23.0 Å². The molecule has 0 radical (unpaired) electrons. The molecule has 0 spiro atoms. The van der Waals surface area contributed by atoms with Crippen LogP contribution in [0.15, 0.2) is 42.5 Å². The first-order chi connectivity index (χ1) is 12.3. The number of halogens is 1. The average molecular weight is 378 g/mol. The molecule has 1 saturated heterocycles. The molecule has 2 heterocycles. The van der Waals surface area contributed by atoms with E-state index in [0.717, 1.165) is 42.5 Å². The molecule has 2 aromatic rings. The van der Waals surface area contributed by atoms with Gasteiger partial charge in [-0.25, -0.2) is 0 Å². The van der Waals surface area contributed by atoms with Crippen LogP contribution in [0.3, 0.4) is 0 Å². The SMILES string of the molecule is COc1ccc([C@@H]2CCNC[C@H]2COc2ccc3c(c2)OCO3)cc1.Cl. The molecule has 4 rings (SSSR count). The summed E-state index contributed by atoms with van der Waals surface area (Å²) in [7, 11) is 1.70. The Kier molecular flexibility index (Phi) is 6.12. The summed E-state index contributed by atoms with van der Waals surface area (Å²) >= 11 is 0. The molecule has 2 aliphatic rings. The van der Waals surface area contributed by atoms with Crippen molar-refractivity contribution in [2.45, 2.75) is 12.3 Å². The van der Waals surface area contributed by atoms with E-state index < -0.39 is 0 Å². The predicted molar refractivity (Wildman–Crippen MR) is 102 cm³/mol. The van der Waals surface area contributed by atoms with Gasteiger partial charge in [0.15, 0.2) is 11.5 Å². The molecule has 1 N–H and O–H groups in total. The van der Waals surface area contributed by atoms with Crippen molar-refractivity contribution in [1.82, 2.24) is 5.32 Å². The lowest BCUT2D eigenvalue weighted by Crippen LogP contribution is -2.38. The van der Waals surface area contributed by atoms with E-state index >= 15 is 0 Å². The smallest absolute Gasteiger partial charge is 0.231 e. The molecule has 0 saturated carbocycles. The van der Waals surface area contributed by atoms with Crippen LogP contribution in [0, 0.1) is 5.92 Å². The van der Waals surface area contributed by atoms with Crippen LogP contribution in [0.4, 0.5) is 0 Å². The minimum Gasteiger partial charge on any atom is -0.497 e. The fourth-order valence-corrected chi connectivity index (χ4v) is 3.56. The lowest BCUT2D eigenvalue weighted by atomic mass is 9.81. The number of rotatable bonds is 5. The first-order valence-electron chi connectivity index (χ1n) is 8.70.